The highest BCUT2D eigenvalue weighted by Crippen LogP contribution is 2.29. The zero-order valence-corrected chi connectivity index (χ0v) is 16.1. The molecule has 1 aromatic heterocycles. The number of nitrogens with one attached hydrogen (secondary N) is 2. The van der Waals surface area contributed by atoms with Crippen LogP contribution in [0.2, 0.25) is 0 Å². The molecule has 0 saturated heterocycles. The molecular formula is C20H20N4O3S. The zero-order chi connectivity index (χ0) is 19.7. The van der Waals surface area contributed by atoms with E-state index in [-0.39, 0.29) is 23.5 Å². The Morgan fingerprint density at radius 2 is 1.93 bits per heavy atom. The summed E-state index contributed by atoms with van der Waals surface area (Å²) in [6.07, 6.45) is 3.57. The van der Waals surface area contributed by atoms with Crippen LogP contribution in [-0.2, 0) is 30.0 Å². The van der Waals surface area contributed by atoms with E-state index in [1.54, 1.807) is 23.7 Å². The van der Waals surface area contributed by atoms with E-state index >= 15 is 0 Å². The summed E-state index contributed by atoms with van der Waals surface area (Å²) in [5, 5.41) is 2.99. The fourth-order valence-corrected chi connectivity index (χ4v) is 4.32. The molecule has 1 aliphatic rings. The van der Waals surface area contributed by atoms with Gasteiger partial charge in [-0.15, -0.1) is 0 Å². The lowest BCUT2D eigenvalue weighted by Gasteiger charge is -2.13. The lowest BCUT2D eigenvalue weighted by Crippen LogP contribution is -2.23. The van der Waals surface area contributed by atoms with E-state index in [1.807, 2.05) is 36.4 Å². The highest BCUT2D eigenvalue weighted by molar-refractivity contribution is 7.89. The Morgan fingerprint density at radius 1 is 1.14 bits per heavy atom. The van der Waals surface area contributed by atoms with Gasteiger partial charge < -0.3 is 9.88 Å². The molecule has 1 unspecified atom stereocenters. The predicted octanol–water partition coefficient (Wildman–Crippen LogP) is 1.93. The fraction of sp³-hybridized carbons (Fsp3) is 0.200. The van der Waals surface area contributed by atoms with Crippen molar-refractivity contribution >= 4 is 15.9 Å². The molecule has 0 fully saturated rings. The van der Waals surface area contributed by atoms with E-state index < -0.39 is 10.0 Å². The van der Waals surface area contributed by atoms with Crippen LogP contribution in [0.4, 0.5) is 0 Å². The Hall–Kier alpha value is -2.97. The van der Waals surface area contributed by atoms with Gasteiger partial charge in [0.05, 0.1) is 12.4 Å². The van der Waals surface area contributed by atoms with Crippen molar-refractivity contribution in [3.05, 3.63) is 83.3 Å². The Bertz CT molecular complexity index is 1120. The molecule has 3 aromatic rings. The number of carbonyl (C=O) groups excluding carboxylic acids is 1. The molecule has 8 heteroatoms. The van der Waals surface area contributed by atoms with Gasteiger partial charge in [0.15, 0.2) is 5.03 Å². The van der Waals surface area contributed by atoms with Gasteiger partial charge in [0, 0.05) is 25.4 Å². The van der Waals surface area contributed by atoms with Gasteiger partial charge in [-0.05, 0) is 29.2 Å². The number of carbonyl (C=O) groups is 1. The van der Waals surface area contributed by atoms with Crippen molar-refractivity contribution in [2.24, 2.45) is 7.05 Å². The smallest absolute Gasteiger partial charge is 0.259 e. The molecule has 0 saturated carbocycles. The van der Waals surface area contributed by atoms with Crippen LogP contribution in [0, 0.1) is 0 Å². The van der Waals surface area contributed by atoms with E-state index in [0.717, 1.165) is 16.7 Å². The third-order valence-electron chi connectivity index (χ3n) is 4.75. The molecule has 1 atom stereocenters. The van der Waals surface area contributed by atoms with Crippen LogP contribution in [0.25, 0.3) is 0 Å². The van der Waals surface area contributed by atoms with Crippen LogP contribution in [0.3, 0.4) is 0 Å². The third-order valence-corrected chi connectivity index (χ3v) is 6.03. The zero-order valence-electron chi connectivity index (χ0n) is 15.3. The number of aryl methyl sites for hydroxylation is 1. The number of fused-ring (bicyclic) bond motifs is 1. The minimum Gasteiger partial charge on any atom is -0.345 e. The van der Waals surface area contributed by atoms with Crippen molar-refractivity contribution < 1.29 is 13.2 Å². The highest BCUT2D eigenvalue weighted by atomic mass is 32.2. The first-order chi connectivity index (χ1) is 13.4. The van der Waals surface area contributed by atoms with E-state index in [0.29, 0.717) is 12.0 Å². The molecule has 1 amide bonds. The third kappa shape index (κ3) is 3.69. The summed E-state index contributed by atoms with van der Waals surface area (Å²) in [5.74, 6) is -0.100. The molecular weight excluding hydrogens is 376 g/mol. The van der Waals surface area contributed by atoms with Crippen LogP contribution in [0.1, 0.15) is 33.1 Å². The Kier molecular flexibility index (Phi) is 4.74. The van der Waals surface area contributed by atoms with Gasteiger partial charge in [-0.3, -0.25) is 4.79 Å². The fourth-order valence-electron chi connectivity index (χ4n) is 3.32. The minimum atomic E-state index is -3.69. The number of amides is 1. The van der Waals surface area contributed by atoms with Crippen molar-refractivity contribution in [2.45, 2.75) is 24.0 Å². The van der Waals surface area contributed by atoms with Crippen molar-refractivity contribution in [2.75, 3.05) is 0 Å². The molecule has 0 bridgehead atoms. The summed E-state index contributed by atoms with van der Waals surface area (Å²) in [4.78, 5) is 16.1. The van der Waals surface area contributed by atoms with Crippen LogP contribution in [0.15, 0.2) is 66.1 Å². The summed E-state index contributed by atoms with van der Waals surface area (Å²) < 4.78 is 28.9. The lowest BCUT2D eigenvalue weighted by molar-refractivity contribution is 0.0956. The van der Waals surface area contributed by atoms with Gasteiger partial charge >= 0.3 is 0 Å². The topological polar surface area (TPSA) is 93.1 Å². The van der Waals surface area contributed by atoms with Crippen molar-refractivity contribution in [3.8, 4) is 0 Å². The number of imidazole rings is 1. The second-order valence-electron chi connectivity index (χ2n) is 6.84. The molecule has 144 valence electrons. The van der Waals surface area contributed by atoms with E-state index in [1.165, 1.54) is 12.5 Å². The quantitative estimate of drug-likeness (QED) is 0.666. The summed E-state index contributed by atoms with van der Waals surface area (Å²) in [7, 11) is -1.98. The van der Waals surface area contributed by atoms with Crippen molar-refractivity contribution in [1.29, 1.82) is 0 Å². The molecule has 0 radical (unpaired) electrons. The normalized spacial score (nSPS) is 16.0. The average molecular weight is 396 g/mol. The van der Waals surface area contributed by atoms with Gasteiger partial charge in [-0.1, -0.05) is 42.5 Å². The number of aromatic nitrogens is 2. The van der Waals surface area contributed by atoms with Crippen LogP contribution in [-0.4, -0.2) is 23.9 Å². The summed E-state index contributed by atoms with van der Waals surface area (Å²) in [5.41, 5.74) is 3.44. The van der Waals surface area contributed by atoms with Gasteiger partial charge in [-0.25, -0.2) is 18.1 Å². The minimum absolute atomic E-state index is 0.0186. The number of hydrogen-bond acceptors (Lipinski definition) is 4. The lowest BCUT2D eigenvalue weighted by atomic mass is 9.97. The second kappa shape index (κ2) is 7.21. The monoisotopic (exact) mass is 396 g/mol. The summed E-state index contributed by atoms with van der Waals surface area (Å²) >= 11 is 0. The van der Waals surface area contributed by atoms with Gasteiger partial charge in [0.2, 0.25) is 0 Å². The van der Waals surface area contributed by atoms with E-state index in [2.05, 4.69) is 15.0 Å². The largest absolute Gasteiger partial charge is 0.345 e. The van der Waals surface area contributed by atoms with Crippen molar-refractivity contribution in [3.63, 3.8) is 0 Å². The molecule has 7 nitrogen and oxygen atoms in total. The SMILES string of the molecule is Cn1cnc(S(=O)(=O)NCc2ccc3c(c2)C(Cc2ccccc2)NC3=O)c1. The Morgan fingerprint density at radius 3 is 2.64 bits per heavy atom. The first kappa shape index (κ1) is 18.4. The molecule has 28 heavy (non-hydrogen) atoms. The van der Waals surface area contributed by atoms with Gasteiger partial charge in [-0.2, -0.15) is 0 Å². The maximum Gasteiger partial charge on any atom is 0.259 e. The van der Waals surface area contributed by atoms with Crippen LogP contribution >= 0.6 is 0 Å². The van der Waals surface area contributed by atoms with Crippen LogP contribution in [0.5, 0.6) is 0 Å². The number of rotatable bonds is 6. The molecule has 0 spiro atoms. The molecule has 2 heterocycles. The molecule has 2 aromatic carbocycles. The number of nitrogens with zero attached hydrogens (tertiary/aromatic N) is 2. The summed E-state index contributed by atoms with van der Waals surface area (Å²) in [6, 6.07) is 15.2. The first-order valence-corrected chi connectivity index (χ1v) is 10.4. The van der Waals surface area contributed by atoms with E-state index in [4.69, 9.17) is 0 Å². The average Bonchev–Trinajstić information content (AvgIpc) is 3.25. The maximum absolute atomic E-state index is 12.4. The standard InChI is InChI=1S/C20H20N4O3S/c1-24-12-19(21-13-24)28(26,27)22-11-15-7-8-16-17(9-15)18(23-20(16)25)10-14-5-3-2-4-6-14/h2-9,12-13,18,22H,10-11H2,1H3,(H,23,25). The predicted molar refractivity (Wildman–Crippen MR) is 104 cm³/mol. The Labute approximate surface area is 163 Å². The highest BCUT2D eigenvalue weighted by Gasteiger charge is 2.28. The van der Waals surface area contributed by atoms with E-state index in [9.17, 15) is 13.2 Å². The van der Waals surface area contributed by atoms with Crippen LogP contribution < -0.4 is 10.0 Å². The molecule has 4 rings (SSSR count). The Balaban J connectivity index is 1.53. The van der Waals surface area contributed by atoms with Gasteiger partial charge in [0.25, 0.3) is 15.9 Å². The number of benzene rings is 2. The second-order valence-corrected chi connectivity index (χ2v) is 8.55. The van der Waals surface area contributed by atoms with Crippen molar-refractivity contribution in [1.82, 2.24) is 19.6 Å². The first-order valence-electron chi connectivity index (χ1n) is 8.87. The molecule has 1 aliphatic heterocycles. The maximum atomic E-state index is 12.4. The summed E-state index contributed by atoms with van der Waals surface area (Å²) in [6.45, 7) is 0.123. The number of sulfonamides is 1. The molecule has 0 aliphatic carbocycles. The number of hydrogen-bond donors (Lipinski definition) is 2. The van der Waals surface area contributed by atoms with Gasteiger partial charge in [0.1, 0.15) is 0 Å². The molecule has 2 N–H and O–H groups in total.